The van der Waals surface area contributed by atoms with E-state index in [9.17, 15) is 13.2 Å². The number of halogens is 1. The summed E-state index contributed by atoms with van der Waals surface area (Å²) in [7, 11) is -3.90. The van der Waals surface area contributed by atoms with Gasteiger partial charge < -0.3 is 14.8 Å². The molecule has 7 nitrogen and oxygen atoms in total. The molecule has 2 aliphatic heterocycles. The smallest absolute Gasteiger partial charge is 0.244 e. The number of rotatable bonds is 5. The zero-order chi connectivity index (χ0) is 19.0. The molecule has 0 spiro atoms. The van der Waals surface area contributed by atoms with Gasteiger partial charge in [-0.1, -0.05) is 17.7 Å². The highest BCUT2D eigenvalue weighted by atomic mass is 35.5. The Bertz CT molecular complexity index is 978. The van der Waals surface area contributed by atoms with Gasteiger partial charge in [-0.3, -0.25) is 4.79 Å². The fourth-order valence-corrected chi connectivity index (χ4v) is 4.91. The Labute approximate surface area is 161 Å². The Balaban J connectivity index is 1.71. The second-order valence-corrected chi connectivity index (χ2v) is 8.61. The summed E-state index contributed by atoms with van der Waals surface area (Å²) in [5, 5.41) is 3.14. The largest absolute Gasteiger partial charge is 0.454 e. The molecule has 142 valence electrons. The fourth-order valence-electron chi connectivity index (χ4n) is 3.18. The Hall–Kier alpha value is -2.29. The topological polar surface area (TPSA) is 84.9 Å². The number of nitrogens with one attached hydrogen (secondary N) is 1. The predicted octanol–water partition coefficient (Wildman–Crippen LogP) is 2.15. The molecule has 9 heteroatoms. The van der Waals surface area contributed by atoms with Crippen LogP contribution in [0.15, 0.2) is 47.4 Å². The molecule has 1 saturated heterocycles. The lowest BCUT2D eigenvalue weighted by atomic mass is 10.1. The molecular weight excluding hydrogens is 392 g/mol. The lowest BCUT2D eigenvalue weighted by Crippen LogP contribution is -2.43. The van der Waals surface area contributed by atoms with E-state index in [2.05, 4.69) is 5.32 Å². The van der Waals surface area contributed by atoms with E-state index in [1.807, 2.05) is 0 Å². The average Bonchev–Trinajstić information content (AvgIpc) is 3.28. The molecule has 1 fully saturated rings. The van der Waals surface area contributed by atoms with E-state index >= 15 is 0 Å². The molecule has 2 aromatic rings. The van der Waals surface area contributed by atoms with Crippen molar-refractivity contribution in [3.05, 3.63) is 53.1 Å². The van der Waals surface area contributed by atoms with Crippen molar-refractivity contribution < 1.29 is 22.7 Å². The van der Waals surface area contributed by atoms with Gasteiger partial charge in [-0.2, -0.15) is 4.31 Å². The third-order valence-corrected chi connectivity index (χ3v) is 6.68. The van der Waals surface area contributed by atoms with Gasteiger partial charge in [-0.25, -0.2) is 8.42 Å². The fraction of sp³-hybridized carbons (Fsp3) is 0.278. The first-order valence-corrected chi connectivity index (χ1v) is 10.2. The first-order chi connectivity index (χ1) is 12.9. The van der Waals surface area contributed by atoms with Crippen molar-refractivity contribution in [3.63, 3.8) is 0 Å². The molecule has 0 aromatic heterocycles. The summed E-state index contributed by atoms with van der Waals surface area (Å²) in [6.07, 6.45) is 0.413. The highest BCUT2D eigenvalue weighted by molar-refractivity contribution is 7.89. The quantitative estimate of drug-likeness (QED) is 0.819. The highest BCUT2D eigenvalue weighted by Gasteiger charge is 2.38. The summed E-state index contributed by atoms with van der Waals surface area (Å²) in [6, 6.07) is 10.4. The number of fused-ring (bicyclic) bond motifs is 1. The van der Waals surface area contributed by atoms with Crippen LogP contribution >= 0.6 is 11.6 Å². The SMILES string of the molecule is O=C1NCCC1N(Cc1ccc2c(c1)OCO2)S(=O)(=O)c1ccc(Cl)cc1. The van der Waals surface area contributed by atoms with E-state index in [1.54, 1.807) is 18.2 Å². The maximum Gasteiger partial charge on any atom is 0.244 e. The number of carbonyl (C=O) groups excluding carboxylic acids is 1. The maximum absolute atomic E-state index is 13.3. The molecular formula is C18H17ClN2O5S. The Morgan fingerprint density at radius 1 is 1.11 bits per heavy atom. The highest BCUT2D eigenvalue weighted by Crippen LogP contribution is 2.34. The Morgan fingerprint density at radius 3 is 2.56 bits per heavy atom. The van der Waals surface area contributed by atoms with Crippen LogP contribution in [-0.4, -0.2) is 38.0 Å². The van der Waals surface area contributed by atoms with Crippen LogP contribution in [0, 0.1) is 0 Å². The van der Waals surface area contributed by atoms with Crippen molar-refractivity contribution in [2.45, 2.75) is 23.9 Å². The average molecular weight is 409 g/mol. The standard InChI is InChI=1S/C18H17ClN2O5S/c19-13-2-4-14(5-3-13)27(23,24)21(15-7-8-20-18(15)22)10-12-1-6-16-17(9-12)26-11-25-16/h1-6,9,15H,7-8,10-11H2,(H,20,22). The maximum atomic E-state index is 13.3. The van der Waals surface area contributed by atoms with E-state index in [1.165, 1.54) is 28.6 Å². The molecule has 0 radical (unpaired) electrons. The Kier molecular flexibility index (Phi) is 4.71. The van der Waals surface area contributed by atoms with E-state index < -0.39 is 16.1 Å². The summed E-state index contributed by atoms with van der Waals surface area (Å²) in [4.78, 5) is 12.3. The number of amides is 1. The second-order valence-electron chi connectivity index (χ2n) is 6.29. The molecule has 4 rings (SSSR count). The summed E-state index contributed by atoms with van der Waals surface area (Å²) < 4.78 is 38.4. The van der Waals surface area contributed by atoms with Crippen molar-refractivity contribution >= 4 is 27.5 Å². The van der Waals surface area contributed by atoms with Crippen LogP contribution < -0.4 is 14.8 Å². The van der Waals surface area contributed by atoms with Crippen molar-refractivity contribution in [2.24, 2.45) is 0 Å². The van der Waals surface area contributed by atoms with Gasteiger partial charge in [-0.05, 0) is 48.4 Å². The zero-order valence-corrected chi connectivity index (χ0v) is 15.8. The third-order valence-electron chi connectivity index (χ3n) is 4.56. The van der Waals surface area contributed by atoms with Gasteiger partial charge >= 0.3 is 0 Å². The zero-order valence-electron chi connectivity index (χ0n) is 14.2. The molecule has 0 aliphatic carbocycles. The van der Waals surface area contributed by atoms with Crippen molar-refractivity contribution in [1.82, 2.24) is 9.62 Å². The summed E-state index contributed by atoms with van der Waals surface area (Å²) in [6.45, 7) is 0.619. The van der Waals surface area contributed by atoms with Crippen molar-refractivity contribution in [3.8, 4) is 11.5 Å². The van der Waals surface area contributed by atoms with Crippen LogP contribution in [-0.2, 0) is 21.4 Å². The van der Waals surface area contributed by atoms with Gasteiger partial charge in [0.05, 0.1) is 4.90 Å². The van der Waals surface area contributed by atoms with Gasteiger partial charge in [0.2, 0.25) is 22.7 Å². The van der Waals surface area contributed by atoms with E-state index in [0.717, 1.165) is 0 Å². The summed E-state index contributed by atoms with van der Waals surface area (Å²) in [5.41, 5.74) is 0.705. The molecule has 1 amide bonds. The van der Waals surface area contributed by atoms with Crippen LogP contribution in [0.5, 0.6) is 11.5 Å². The molecule has 1 atom stereocenters. The molecule has 27 heavy (non-hydrogen) atoms. The normalized spacial score (nSPS) is 18.7. The van der Waals surface area contributed by atoms with Crippen molar-refractivity contribution in [1.29, 1.82) is 0 Å². The first-order valence-electron chi connectivity index (χ1n) is 8.39. The lowest BCUT2D eigenvalue weighted by Gasteiger charge is -2.26. The van der Waals surface area contributed by atoms with Crippen molar-refractivity contribution in [2.75, 3.05) is 13.3 Å². The number of benzene rings is 2. The monoisotopic (exact) mass is 408 g/mol. The number of sulfonamides is 1. The van der Waals surface area contributed by atoms with Crippen LogP contribution in [0.3, 0.4) is 0 Å². The number of nitrogens with zero attached hydrogens (tertiary/aromatic N) is 1. The molecule has 0 bridgehead atoms. The molecule has 1 unspecified atom stereocenters. The van der Waals surface area contributed by atoms with Crippen LogP contribution in [0.1, 0.15) is 12.0 Å². The van der Waals surface area contributed by atoms with E-state index in [0.29, 0.717) is 35.1 Å². The van der Waals surface area contributed by atoms with Gasteiger partial charge in [0.1, 0.15) is 6.04 Å². The van der Waals surface area contributed by atoms with Gasteiger partial charge in [0.15, 0.2) is 11.5 Å². The molecule has 2 aromatic carbocycles. The molecule has 1 N–H and O–H groups in total. The van der Waals surface area contributed by atoms with Gasteiger partial charge in [0.25, 0.3) is 0 Å². The van der Waals surface area contributed by atoms with E-state index in [4.69, 9.17) is 21.1 Å². The minimum Gasteiger partial charge on any atom is -0.454 e. The molecule has 0 saturated carbocycles. The number of ether oxygens (including phenoxy) is 2. The van der Waals surface area contributed by atoms with Gasteiger partial charge in [0, 0.05) is 18.1 Å². The van der Waals surface area contributed by atoms with Crippen LogP contribution in [0.25, 0.3) is 0 Å². The van der Waals surface area contributed by atoms with Crippen LogP contribution in [0.2, 0.25) is 5.02 Å². The number of hydrogen-bond acceptors (Lipinski definition) is 5. The molecule has 2 aliphatic rings. The number of hydrogen-bond donors (Lipinski definition) is 1. The molecule has 2 heterocycles. The van der Waals surface area contributed by atoms with Gasteiger partial charge in [-0.15, -0.1) is 0 Å². The first kappa shape index (κ1) is 18.1. The Morgan fingerprint density at radius 2 is 1.85 bits per heavy atom. The second kappa shape index (κ2) is 7.03. The van der Waals surface area contributed by atoms with Crippen LogP contribution in [0.4, 0.5) is 0 Å². The minimum absolute atomic E-state index is 0.0414. The predicted molar refractivity (Wildman–Crippen MR) is 98.2 cm³/mol. The minimum atomic E-state index is -3.90. The summed E-state index contributed by atoms with van der Waals surface area (Å²) >= 11 is 5.88. The third kappa shape index (κ3) is 3.47. The summed E-state index contributed by atoms with van der Waals surface area (Å²) in [5.74, 6) is 0.880. The lowest BCUT2D eigenvalue weighted by molar-refractivity contribution is -0.122. The van der Waals surface area contributed by atoms with E-state index in [-0.39, 0.29) is 24.1 Å². The number of carbonyl (C=O) groups is 1.